The number of hydrogen-bond donors (Lipinski definition) is 1. The monoisotopic (exact) mass is 337 g/mol. The molecule has 3 nitrogen and oxygen atoms in total. The molecule has 0 radical (unpaired) electrons. The first-order valence-electron chi connectivity index (χ1n) is 9.16. The first-order valence-corrected chi connectivity index (χ1v) is 9.16. The van der Waals surface area contributed by atoms with E-state index < -0.39 is 0 Å². The summed E-state index contributed by atoms with van der Waals surface area (Å²) in [6.45, 7) is 6.06. The van der Waals surface area contributed by atoms with Crippen LogP contribution in [0.2, 0.25) is 0 Å². The molecule has 1 aliphatic rings. The Kier molecular flexibility index (Phi) is 5.54. The first kappa shape index (κ1) is 17.7. The average Bonchev–Trinajstić information content (AvgIpc) is 2.64. The lowest BCUT2D eigenvalue weighted by Gasteiger charge is -2.35. The second kappa shape index (κ2) is 7.83. The van der Waals surface area contributed by atoms with Crippen molar-refractivity contribution in [3.8, 4) is 5.75 Å². The molecule has 1 heterocycles. The van der Waals surface area contributed by atoms with Gasteiger partial charge in [-0.3, -0.25) is 9.69 Å². The molecule has 2 aromatic rings. The van der Waals surface area contributed by atoms with Gasteiger partial charge in [0.15, 0.2) is 5.78 Å². The highest BCUT2D eigenvalue weighted by Gasteiger charge is 2.27. The van der Waals surface area contributed by atoms with Crippen molar-refractivity contribution in [1.29, 1.82) is 0 Å². The summed E-state index contributed by atoms with van der Waals surface area (Å²) in [4.78, 5) is 14.9. The van der Waals surface area contributed by atoms with E-state index in [2.05, 4.69) is 36.1 Å². The summed E-state index contributed by atoms with van der Waals surface area (Å²) in [5.74, 6) is 1.04. The number of rotatable bonds is 5. The Balaban J connectivity index is 1.53. The van der Waals surface area contributed by atoms with Crippen LogP contribution in [0.5, 0.6) is 5.75 Å². The molecule has 1 fully saturated rings. The van der Waals surface area contributed by atoms with Crippen LogP contribution in [0.25, 0.3) is 0 Å². The zero-order chi connectivity index (χ0) is 17.8. The molecule has 0 saturated carbocycles. The lowest BCUT2D eigenvalue weighted by Crippen LogP contribution is -2.44. The van der Waals surface area contributed by atoms with E-state index in [1.54, 1.807) is 24.3 Å². The van der Waals surface area contributed by atoms with Crippen LogP contribution in [-0.4, -0.2) is 34.9 Å². The molecule has 1 atom stereocenters. The summed E-state index contributed by atoms with van der Waals surface area (Å²) >= 11 is 0. The van der Waals surface area contributed by atoms with Gasteiger partial charge in [0.05, 0.1) is 6.04 Å². The fraction of sp³-hybridized carbons (Fsp3) is 0.409. The van der Waals surface area contributed by atoms with Crippen molar-refractivity contribution >= 4 is 5.78 Å². The van der Waals surface area contributed by atoms with Gasteiger partial charge in [-0.15, -0.1) is 0 Å². The number of phenols is 1. The summed E-state index contributed by atoms with van der Waals surface area (Å²) in [5.41, 5.74) is 3.39. The van der Waals surface area contributed by atoms with Gasteiger partial charge in [0, 0.05) is 5.56 Å². The number of carbonyl (C=O) groups excluding carboxylic acids is 1. The summed E-state index contributed by atoms with van der Waals surface area (Å²) in [6, 6.07) is 15.3. The van der Waals surface area contributed by atoms with Crippen molar-refractivity contribution in [2.75, 3.05) is 13.1 Å². The van der Waals surface area contributed by atoms with Crippen molar-refractivity contribution in [2.45, 2.75) is 39.2 Å². The zero-order valence-corrected chi connectivity index (χ0v) is 15.1. The Morgan fingerprint density at radius 3 is 2.28 bits per heavy atom. The molecule has 1 aliphatic heterocycles. The van der Waals surface area contributed by atoms with Gasteiger partial charge >= 0.3 is 0 Å². The minimum absolute atomic E-state index is 0.107. The Morgan fingerprint density at radius 2 is 1.68 bits per heavy atom. The van der Waals surface area contributed by atoms with Crippen molar-refractivity contribution in [3.05, 3.63) is 65.2 Å². The molecular formula is C22H27NO2. The van der Waals surface area contributed by atoms with E-state index in [9.17, 15) is 9.90 Å². The fourth-order valence-corrected chi connectivity index (χ4v) is 3.63. The SMILES string of the molecule is Cc1ccc(CC2CCN(C(C)C(=O)c3ccc(O)cc3)CC2)cc1. The Labute approximate surface area is 150 Å². The largest absolute Gasteiger partial charge is 0.508 e. The van der Waals surface area contributed by atoms with Gasteiger partial charge in [-0.1, -0.05) is 29.8 Å². The molecule has 0 aliphatic carbocycles. The number of ketones is 1. The number of phenolic OH excluding ortho intramolecular Hbond substituents is 1. The number of aryl methyl sites for hydroxylation is 1. The van der Waals surface area contributed by atoms with Crippen LogP contribution >= 0.6 is 0 Å². The van der Waals surface area contributed by atoms with Gasteiger partial charge in [-0.05, 0) is 81.9 Å². The summed E-state index contributed by atoms with van der Waals surface area (Å²) in [7, 11) is 0. The lowest BCUT2D eigenvalue weighted by molar-refractivity contribution is 0.0771. The van der Waals surface area contributed by atoms with E-state index in [1.165, 1.54) is 11.1 Å². The minimum Gasteiger partial charge on any atom is -0.508 e. The van der Waals surface area contributed by atoms with E-state index in [4.69, 9.17) is 0 Å². The smallest absolute Gasteiger partial charge is 0.179 e. The highest BCUT2D eigenvalue weighted by atomic mass is 16.3. The Hall–Kier alpha value is -2.13. The average molecular weight is 337 g/mol. The number of piperidine rings is 1. The number of aromatic hydroxyl groups is 1. The van der Waals surface area contributed by atoms with E-state index in [1.807, 2.05) is 6.92 Å². The van der Waals surface area contributed by atoms with E-state index >= 15 is 0 Å². The Bertz CT molecular complexity index is 698. The third-order valence-corrected chi connectivity index (χ3v) is 5.37. The highest BCUT2D eigenvalue weighted by Crippen LogP contribution is 2.24. The molecule has 3 heteroatoms. The maximum Gasteiger partial charge on any atom is 0.179 e. The van der Waals surface area contributed by atoms with Crippen LogP contribution in [0, 0.1) is 12.8 Å². The number of Topliss-reactive ketones (excluding diaryl/α,β-unsaturated/α-hetero) is 1. The first-order chi connectivity index (χ1) is 12.0. The third kappa shape index (κ3) is 4.49. The van der Waals surface area contributed by atoms with Gasteiger partial charge in [-0.25, -0.2) is 0 Å². The molecule has 0 bridgehead atoms. The molecule has 1 unspecified atom stereocenters. The summed E-state index contributed by atoms with van der Waals surface area (Å²) in [6.07, 6.45) is 3.41. The molecule has 1 N–H and O–H groups in total. The molecular weight excluding hydrogens is 310 g/mol. The molecule has 0 amide bonds. The fourth-order valence-electron chi connectivity index (χ4n) is 3.63. The third-order valence-electron chi connectivity index (χ3n) is 5.37. The normalized spacial score (nSPS) is 17.4. The van der Waals surface area contributed by atoms with E-state index in [-0.39, 0.29) is 17.6 Å². The van der Waals surface area contributed by atoms with Gasteiger partial charge in [0.25, 0.3) is 0 Å². The summed E-state index contributed by atoms with van der Waals surface area (Å²) in [5, 5.41) is 9.37. The summed E-state index contributed by atoms with van der Waals surface area (Å²) < 4.78 is 0. The van der Waals surface area contributed by atoms with Gasteiger partial charge in [-0.2, -0.15) is 0 Å². The molecule has 25 heavy (non-hydrogen) atoms. The maximum absolute atomic E-state index is 12.6. The number of hydrogen-bond acceptors (Lipinski definition) is 3. The zero-order valence-electron chi connectivity index (χ0n) is 15.1. The van der Waals surface area contributed by atoms with Crippen molar-refractivity contribution in [2.24, 2.45) is 5.92 Å². The van der Waals surface area contributed by atoms with Crippen molar-refractivity contribution in [1.82, 2.24) is 4.90 Å². The number of likely N-dealkylation sites (tertiary alicyclic amines) is 1. The molecule has 3 rings (SSSR count). The van der Waals surface area contributed by atoms with Gasteiger partial charge < -0.3 is 5.11 Å². The van der Waals surface area contributed by atoms with Gasteiger partial charge in [0.1, 0.15) is 5.75 Å². The minimum atomic E-state index is -0.107. The van der Waals surface area contributed by atoms with Crippen molar-refractivity contribution in [3.63, 3.8) is 0 Å². The van der Waals surface area contributed by atoms with Crippen LogP contribution < -0.4 is 0 Å². The van der Waals surface area contributed by atoms with Crippen LogP contribution in [-0.2, 0) is 6.42 Å². The molecule has 132 valence electrons. The quantitative estimate of drug-likeness (QED) is 0.830. The Morgan fingerprint density at radius 1 is 1.08 bits per heavy atom. The van der Waals surface area contributed by atoms with Crippen LogP contribution in [0.4, 0.5) is 0 Å². The molecule has 2 aromatic carbocycles. The molecule has 1 saturated heterocycles. The van der Waals surface area contributed by atoms with E-state index in [0.717, 1.165) is 32.4 Å². The highest BCUT2D eigenvalue weighted by molar-refractivity contribution is 5.99. The van der Waals surface area contributed by atoms with Crippen LogP contribution in [0.15, 0.2) is 48.5 Å². The second-order valence-corrected chi connectivity index (χ2v) is 7.26. The second-order valence-electron chi connectivity index (χ2n) is 7.26. The number of benzene rings is 2. The van der Waals surface area contributed by atoms with E-state index in [0.29, 0.717) is 11.5 Å². The maximum atomic E-state index is 12.6. The molecule has 0 spiro atoms. The standard InChI is InChI=1S/C22H27NO2/c1-16-3-5-18(6-4-16)15-19-11-13-23(14-12-19)17(2)22(25)20-7-9-21(24)10-8-20/h3-10,17,19,24H,11-15H2,1-2H3. The topological polar surface area (TPSA) is 40.5 Å². The van der Waals surface area contributed by atoms with Crippen molar-refractivity contribution < 1.29 is 9.90 Å². The lowest BCUT2D eigenvalue weighted by atomic mass is 9.89. The number of carbonyl (C=O) groups is 1. The van der Waals surface area contributed by atoms with Gasteiger partial charge in [0.2, 0.25) is 0 Å². The van der Waals surface area contributed by atoms with Crippen LogP contribution in [0.3, 0.4) is 0 Å². The molecule has 0 aromatic heterocycles. The number of nitrogens with zero attached hydrogens (tertiary/aromatic N) is 1. The van der Waals surface area contributed by atoms with Crippen LogP contribution in [0.1, 0.15) is 41.3 Å². The predicted octanol–water partition coefficient (Wildman–Crippen LogP) is 4.23. The predicted molar refractivity (Wildman–Crippen MR) is 101 cm³/mol.